The smallest absolute Gasteiger partial charge is 0.411 e. The van der Waals surface area contributed by atoms with Gasteiger partial charge >= 0.3 is 12.1 Å². The van der Waals surface area contributed by atoms with Crippen molar-refractivity contribution in [2.75, 3.05) is 13.2 Å². The lowest BCUT2D eigenvalue weighted by molar-refractivity contribution is -0.148. The molecule has 0 bridgehead atoms. The molecule has 0 saturated carbocycles. The highest BCUT2D eigenvalue weighted by atomic mass is 16.6. The Balaban J connectivity index is 3.08. The molecule has 1 heterocycles. The molecule has 1 fully saturated rings. The molecule has 138 valence electrons. The highest BCUT2D eigenvalue weighted by molar-refractivity contribution is 5.86. The van der Waals surface area contributed by atoms with Crippen LogP contribution in [0.4, 0.5) is 4.79 Å². The maximum atomic E-state index is 12.5. The van der Waals surface area contributed by atoms with E-state index in [1.165, 1.54) is 4.90 Å². The molecule has 0 radical (unpaired) electrons. The normalized spacial score (nSPS) is 23.2. The molecule has 1 saturated heterocycles. The van der Waals surface area contributed by atoms with Crippen LogP contribution in [0.1, 0.15) is 48.5 Å². The van der Waals surface area contributed by atoms with Gasteiger partial charge in [-0.1, -0.05) is 33.8 Å². The summed E-state index contributed by atoms with van der Waals surface area (Å²) in [4.78, 5) is 26.2. The van der Waals surface area contributed by atoms with Gasteiger partial charge < -0.3 is 14.6 Å². The van der Waals surface area contributed by atoms with Gasteiger partial charge in [0, 0.05) is 0 Å². The summed E-state index contributed by atoms with van der Waals surface area (Å²) < 4.78 is 10.7. The number of hydrogen-bond donors (Lipinski definition) is 1. The first-order valence-corrected chi connectivity index (χ1v) is 8.48. The van der Waals surface area contributed by atoms with Crippen molar-refractivity contribution in [3.8, 4) is 0 Å². The minimum Gasteiger partial charge on any atom is -0.464 e. The Morgan fingerprint density at radius 1 is 1.29 bits per heavy atom. The van der Waals surface area contributed by atoms with E-state index in [2.05, 4.69) is 0 Å². The number of esters is 1. The standard InChI is InChI=1S/C18H31NO5/c1-11(2)8-13-14(20)9-19(17(22)24-18(5,6)7)15(13)16(21)23-10-12(3)4/h8,11-12,14-15,20H,9-10H2,1-7H3. The predicted octanol–water partition coefficient (Wildman–Crippen LogP) is 2.75. The fourth-order valence-corrected chi connectivity index (χ4v) is 2.44. The van der Waals surface area contributed by atoms with Crippen LogP contribution >= 0.6 is 0 Å². The zero-order valence-corrected chi connectivity index (χ0v) is 15.8. The monoisotopic (exact) mass is 341 g/mol. The van der Waals surface area contributed by atoms with Gasteiger partial charge in [0.25, 0.3) is 0 Å². The lowest BCUT2D eigenvalue weighted by atomic mass is 10.0. The third kappa shape index (κ3) is 5.82. The van der Waals surface area contributed by atoms with Crippen molar-refractivity contribution in [2.45, 2.75) is 66.2 Å². The lowest BCUT2D eigenvalue weighted by Gasteiger charge is -2.27. The zero-order chi connectivity index (χ0) is 18.7. The number of hydrogen-bond acceptors (Lipinski definition) is 5. The molecular formula is C18H31NO5. The summed E-state index contributed by atoms with van der Waals surface area (Å²) in [5.74, 6) is -0.209. The van der Waals surface area contributed by atoms with E-state index in [-0.39, 0.29) is 25.0 Å². The van der Waals surface area contributed by atoms with Gasteiger partial charge in [-0.2, -0.15) is 0 Å². The third-order valence-electron chi connectivity index (χ3n) is 3.32. The van der Waals surface area contributed by atoms with Crippen LogP contribution in [-0.4, -0.2) is 53.0 Å². The first kappa shape index (κ1) is 20.5. The number of carbonyl (C=O) groups is 2. The number of aliphatic hydroxyl groups is 1. The van der Waals surface area contributed by atoms with Crippen LogP contribution < -0.4 is 0 Å². The summed E-state index contributed by atoms with van der Waals surface area (Å²) in [5.41, 5.74) is -0.177. The molecule has 1 aliphatic heterocycles. The molecule has 1 rings (SSSR count). The number of ether oxygens (including phenoxy) is 2. The van der Waals surface area contributed by atoms with Crippen LogP contribution in [0.5, 0.6) is 0 Å². The van der Waals surface area contributed by atoms with Gasteiger partial charge in [-0.3, -0.25) is 4.90 Å². The highest BCUT2D eigenvalue weighted by Crippen LogP contribution is 2.28. The van der Waals surface area contributed by atoms with Crippen LogP contribution in [0.15, 0.2) is 11.6 Å². The number of amides is 1. The van der Waals surface area contributed by atoms with Gasteiger partial charge in [-0.05, 0) is 38.2 Å². The average molecular weight is 341 g/mol. The summed E-state index contributed by atoms with van der Waals surface area (Å²) >= 11 is 0. The number of allylic oxidation sites excluding steroid dienone is 1. The molecule has 0 aromatic heterocycles. The summed E-state index contributed by atoms with van der Waals surface area (Å²) in [5, 5.41) is 10.3. The van der Waals surface area contributed by atoms with E-state index in [1.807, 2.05) is 33.8 Å². The van der Waals surface area contributed by atoms with Gasteiger partial charge in [-0.25, -0.2) is 9.59 Å². The molecule has 2 atom stereocenters. The Hall–Kier alpha value is -1.56. The Bertz CT molecular complexity index is 490. The molecule has 6 nitrogen and oxygen atoms in total. The Morgan fingerprint density at radius 3 is 2.33 bits per heavy atom. The molecule has 0 aromatic carbocycles. The van der Waals surface area contributed by atoms with Crippen LogP contribution in [0.2, 0.25) is 0 Å². The number of likely N-dealkylation sites (tertiary alicyclic amines) is 1. The molecule has 1 amide bonds. The van der Waals surface area contributed by atoms with Crippen LogP contribution in [0, 0.1) is 11.8 Å². The minimum absolute atomic E-state index is 0.0227. The lowest BCUT2D eigenvalue weighted by Crippen LogP contribution is -2.45. The molecule has 0 aliphatic carbocycles. The van der Waals surface area contributed by atoms with Crippen molar-refractivity contribution >= 4 is 12.1 Å². The second-order valence-corrected chi connectivity index (χ2v) is 7.99. The van der Waals surface area contributed by atoms with E-state index in [0.29, 0.717) is 5.57 Å². The molecule has 24 heavy (non-hydrogen) atoms. The molecule has 1 N–H and O–H groups in total. The highest BCUT2D eigenvalue weighted by Gasteiger charge is 2.45. The van der Waals surface area contributed by atoms with E-state index in [0.717, 1.165) is 0 Å². The number of nitrogens with zero attached hydrogens (tertiary/aromatic N) is 1. The Kier molecular flexibility index (Phi) is 6.84. The Labute approximate surface area is 144 Å². The maximum Gasteiger partial charge on any atom is 0.411 e. The van der Waals surface area contributed by atoms with Gasteiger partial charge in [0.1, 0.15) is 5.60 Å². The maximum absolute atomic E-state index is 12.5. The molecule has 6 heteroatoms. The zero-order valence-electron chi connectivity index (χ0n) is 15.8. The molecular weight excluding hydrogens is 310 g/mol. The van der Waals surface area contributed by atoms with Gasteiger partial charge in [0.15, 0.2) is 6.04 Å². The SMILES string of the molecule is CC(C)C=C1C(O)CN(C(=O)OC(C)(C)C)C1C(=O)OCC(C)C. The first-order chi connectivity index (χ1) is 10.9. The van der Waals surface area contributed by atoms with Gasteiger partial charge in [0.2, 0.25) is 0 Å². The number of aliphatic hydroxyl groups excluding tert-OH is 1. The first-order valence-electron chi connectivity index (χ1n) is 8.48. The fraction of sp³-hybridized carbons (Fsp3) is 0.778. The van der Waals surface area contributed by atoms with Crippen LogP contribution in [-0.2, 0) is 14.3 Å². The quantitative estimate of drug-likeness (QED) is 0.628. The van der Waals surface area contributed by atoms with E-state index in [9.17, 15) is 14.7 Å². The number of carbonyl (C=O) groups excluding carboxylic acids is 2. The summed E-state index contributed by atoms with van der Waals surface area (Å²) in [6, 6.07) is -0.934. The largest absolute Gasteiger partial charge is 0.464 e. The van der Waals surface area contributed by atoms with Crippen LogP contribution in [0.25, 0.3) is 0 Å². The van der Waals surface area contributed by atoms with Crippen LogP contribution in [0.3, 0.4) is 0 Å². The second-order valence-electron chi connectivity index (χ2n) is 7.99. The van der Waals surface area contributed by atoms with Crippen molar-refractivity contribution in [2.24, 2.45) is 11.8 Å². The van der Waals surface area contributed by atoms with E-state index < -0.39 is 29.8 Å². The minimum atomic E-state index is -0.934. The van der Waals surface area contributed by atoms with E-state index in [1.54, 1.807) is 20.8 Å². The van der Waals surface area contributed by atoms with Crippen molar-refractivity contribution in [3.05, 3.63) is 11.6 Å². The Morgan fingerprint density at radius 2 is 1.88 bits per heavy atom. The van der Waals surface area contributed by atoms with Crippen molar-refractivity contribution in [1.29, 1.82) is 0 Å². The van der Waals surface area contributed by atoms with Crippen molar-refractivity contribution in [1.82, 2.24) is 4.90 Å². The summed E-state index contributed by atoms with van der Waals surface area (Å²) in [6.07, 6.45) is 0.299. The third-order valence-corrected chi connectivity index (χ3v) is 3.32. The van der Waals surface area contributed by atoms with Gasteiger partial charge in [0.05, 0.1) is 19.3 Å². The summed E-state index contributed by atoms with van der Waals surface area (Å²) in [6.45, 7) is 13.3. The average Bonchev–Trinajstić information content (AvgIpc) is 2.71. The predicted molar refractivity (Wildman–Crippen MR) is 91.5 cm³/mol. The van der Waals surface area contributed by atoms with Gasteiger partial charge in [-0.15, -0.1) is 0 Å². The number of β-amino-alcohol motifs (C(OH)–C–C–N with tert-alkyl or cyclic N) is 1. The molecule has 0 spiro atoms. The van der Waals surface area contributed by atoms with Crippen molar-refractivity contribution < 1.29 is 24.2 Å². The van der Waals surface area contributed by atoms with Crippen molar-refractivity contribution in [3.63, 3.8) is 0 Å². The molecule has 2 unspecified atom stereocenters. The number of rotatable bonds is 4. The summed E-state index contributed by atoms with van der Waals surface area (Å²) in [7, 11) is 0. The van der Waals surface area contributed by atoms with E-state index in [4.69, 9.17) is 9.47 Å². The second kappa shape index (κ2) is 8.01. The topological polar surface area (TPSA) is 76.1 Å². The molecule has 1 aliphatic rings. The fourth-order valence-electron chi connectivity index (χ4n) is 2.44. The van der Waals surface area contributed by atoms with E-state index >= 15 is 0 Å². The molecule has 0 aromatic rings.